The Balaban J connectivity index is 1.76. The van der Waals surface area contributed by atoms with E-state index in [9.17, 15) is 15.3 Å². The van der Waals surface area contributed by atoms with Gasteiger partial charge < -0.3 is 15.3 Å². The number of aliphatic hydroxyl groups excluding tert-OH is 3. The van der Waals surface area contributed by atoms with Crippen molar-refractivity contribution in [1.82, 2.24) is 0 Å². The quantitative estimate of drug-likeness (QED) is 0.540. The zero-order valence-electron chi connectivity index (χ0n) is 19.0. The van der Waals surface area contributed by atoms with Gasteiger partial charge in [0.05, 0.1) is 18.8 Å². The van der Waals surface area contributed by atoms with Crippen molar-refractivity contribution < 1.29 is 15.3 Å². The third kappa shape index (κ3) is 4.90. The Bertz CT molecular complexity index is 756. The van der Waals surface area contributed by atoms with E-state index in [2.05, 4.69) is 44.7 Å². The maximum Gasteiger partial charge on any atom is 0.0811 e. The molecule has 3 rings (SSSR count). The molecule has 0 aromatic heterocycles. The van der Waals surface area contributed by atoms with Gasteiger partial charge in [-0.2, -0.15) is 0 Å². The Morgan fingerprint density at radius 3 is 2.77 bits per heavy atom. The van der Waals surface area contributed by atoms with Crippen LogP contribution in [0.4, 0.5) is 0 Å². The molecule has 0 aromatic rings. The minimum absolute atomic E-state index is 0.117. The summed E-state index contributed by atoms with van der Waals surface area (Å²) in [6.07, 6.45) is 16.9. The summed E-state index contributed by atoms with van der Waals surface area (Å²) < 4.78 is 0. The number of allylic oxidation sites excluding steroid dienone is 6. The predicted octanol–water partition coefficient (Wildman–Crippen LogP) is 5.26. The standard InChI is InChI=1S/C27H40O3/c1-18(17-28)7-5-8-19(2)24-12-13-25-21(9-6-14-27(24,25)4)10-11-22-15-23(29)16-26(30)20(22)3/h5,7-8,10-11,19,23-26,28-30H,3,6,9,12-17H2,1-2,4H3/b8-5+,18-7+,21-10+,22-11-/t19-,23+,24+,25-,26-,27+/m0/s1. The van der Waals surface area contributed by atoms with E-state index >= 15 is 0 Å². The molecule has 3 nitrogen and oxygen atoms in total. The van der Waals surface area contributed by atoms with E-state index < -0.39 is 12.2 Å². The second kappa shape index (κ2) is 9.80. The summed E-state index contributed by atoms with van der Waals surface area (Å²) in [7, 11) is 0. The molecule has 0 amide bonds. The molecule has 3 saturated carbocycles. The zero-order chi connectivity index (χ0) is 21.9. The summed E-state index contributed by atoms with van der Waals surface area (Å²) in [5.74, 6) is 1.81. The first-order valence-electron chi connectivity index (χ1n) is 11.7. The molecule has 0 heterocycles. The summed E-state index contributed by atoms with van der Waals surface area (Å²) in [4.78, 5) is 0. The highest BCUT2D eigenvalue weighted by Crippen LogP contribution is 2.59. The fourth-order valence-electron chi connectivity index (χ4n) is 6.19. The zero-order valence-corrected chi connectivity index (χ0v) is 19.0. The molecule has 0 aromatic carbocycles. The summed E-state index contributed by atoms with van der Waals surface area (Å²) in [6, 6.07) is 0. The van der Waals surface area contributed by atoms with Crippen LogP contribution in [0.1, 0.15) is 65.7 Å². The van der Waals surface area contributed by atoms with Gasteiger partial charge in [-0.25, -0.2) is 0 Å². The number of hydrogen-bond acceptors (Lipinski definition) is 3. The molecule has 3 N–H and O–H groups in total. The van der Waals surface area contributed by atoms with Gasteiger partial charge in [-0.1, -0.05) is 56.4 Å². The maximum absolute atomic E-state index is 10.1. The third-order valence-electron chi connectivity index (χ3n) is 7.98. The molecular formula is C27H40O3. The van der Waals surface area contributed by atoms with Crippen LogP contribution in [0.3, 0.4) is 0 Å². The van der Waals surface area contributed by atoms with Gasteiger partial charge in [0.15, 0.2) is 0 Å². The molecule has 6 atom stereocenters. The first kappa shape index (κ1) is 23.2. The first-order valence-corrected chi connectivity index (χ1v) is 11.7. The van der Waals surface area contributed by atoms with Crippen molar-refractivity contribution in [2.75, 3.05) is 6.61 Å². The van der Waals surface area contributed by atoms with Crippen LogP contribution < -0.4 is 0 Å². The molecule has 0 bridgehead atoms. The van der Waals surface area contributed by atoms with Crippen molar-refractivity contribution in [3.63, 3.8) is 0 Å². The van der Waals surface area contributed by atoms with Crippen LogP contribution in [-0.4, -0.2) is 34.1 Å². The molecule has 0 spiro atoms. The number of fused-ring (bicyclic) bond motifs is 1. The van der Waals surface area contributed by atoms with Crippen molar-refractivity contribution in [3.8, 4) is 0 Å². The van der Waals surface area contributed by atoms with Gasteiger partial charge in [0.1, 0.15) is 0 Å². The van der Waals surface area contributed by atoms with Crippen LogP contribution in [0.2, 0.25) is 0 Å². The van der Waals surface area contributed by atoms with Gasteiger partial charge in [0.25, 0.3) is 0 Å². The second-order valence-electron chi connectivity index (χ2n) is 10.1. The van der Waals surface area contributed by atoms with E-state index in [0.29, 0.717) is 36.0 Å². The van der Waals surface area contributed by atoms with E-state index in [1.807, 2.05) is 13.0 Å². The summed E-state index contributed by atoms with van der Waals surface area (Å²) in [6.45, 7) is 10.9. The van der Waals surface area contributed by atoms with Crippen molar-refractivity contribution >= 4 is 0 Å². The van der Waals surface area contributed by atoms with Gasteiger partial charge in [0, 0.05) is 6.42 Å². The molecule has 3 aliphatic rings. The van der Waals surface area contributed by atoms with Crippen molar-refractivity contribution in [2.45, 2.75) is 77.9 Å². The van der Waals surface area contributed by atoms with Crippen molar-refractivity contribution in [3.05, 3.63) is 59.3 Å². The average molecular weight is 413 g/mol. The lowest BCUT2D eigenvalue weighted by molar-refractivity contribution is 0.0862. The number of rotatable bonds is 5. The van der Waals surface area contributed by atoms with Crippen molar-refractivity contribution in [1.29, 1.82) is 0 Å². The largest absolute Gasteiger partial charge is 0.393 e. The van der Waals surface area contributed by atoms with Crippen LogP contribution in [0.15, 0.2) is 59.3 Å². The first-order chi connectivity index (χ1) is 14.3. The Morgan fingerprint density at radius 2 is 2.03 bits per heavy atom. The van der Waals surface area contributed by atoms with Gasteiger partial charge in [0.2, 0.25) is 0 Å². The number of hydrogen-bond donors (Lipinski definition) is 3. The minimum Gasteiger partial charge on any atom is -0.393 e. The highest BCUT2D eigenvalue weighted by molar-refractivity contribution is 5.38. The molecule has 166 valence electrons. The van der Waals surface area contributed by atoms with Crippen LogP contribution in [0, 0.1) is 23.2 Å². The van der Waals surface area contributed by atoms with Gasteiger partial charge in [-0.15, -0.1) is 0 Å². The Hall–Kier alpha value is -1.42. The molecule has 0 unspecified atom stereocenters. The Labute approximate surface area is 182 Å². The molecule has 0 aliphatic heterocycles. The Kier molecular flexibility index (Phi) is 7.60. The molecule has 3 heteroatoms. The van der Waals surface area contributed by atoms with E-state index in [1.54, 1.807) is 0 Å². The third-order valence-corrected chi connectivity index (χ3v) is 7.98. The molecule has 3 aliphatic carbocycles. The topological polar surface area (TPSA) is 60.7 Å². The normalized spacial score (nSPS) is 39.1. The lowest BCUT2D eigenvalue weighted by atomic mass is 9.61. The molecule has 0 radical (unpaired) electrons. The monoisotopic (exact) mass is 412 g/mol. The predicted molar refractivity (Wildman–Crippen MR) is 124 cm³/mol. The molecule has 30 heavy (non-hydrogen) atoms. The van der Waals surface area contributed by atoms with Gasteiger partial charge >= 0.3 is 0 Å². The fourth-order valence-corrected chi connectivity index (χ4v) is 6.19. The summed E-state index contributed by atoms with van der Waals surface area (Å²) in [5, 5.41) is 29.3. The smallest absolute Gasteiger partial charge is 0.0811 e. The fraction of sp³-hybridized carbons (Fsp3) is 0.630. The van der Waals surface area contributed by atoms with Crippen LogP contribution in [0.25, 0.3) is 0 Å². The second-order valence-corrected chi connectivity index (χ2v) is 10.1. The summed E-state index contributed by atoms with van der Waals surface area (Å²) >= 11 is 0. The highest BCUT2D eigenvalue weighted by Gasteiger charge is 2.50. The van der Waals surface area contributed by atoms with E-state index in [1.165, 1.54) is 31.3 Å². The Morgan fingerprint density at radius 1 is 1.27 bits per heavy atom. The molecule has 3 fully saturated rings. The lowest BCUT2D eigenvalue weighted by Gasteiger charge is -2.44. The van der Waals surface area contributed by atoms with Crippen LogP contribution in [-0.2, 0) is 0 Å². The van der Waals surface area contributed by atoms with E-state index in [4.69, 9.17) is 0 Å². The number of aliphatic hydroxyl groups is 3. The summed E-state index contributed by atoms with van der Waals surface area (Å²) in [5.41, 5.74) is 4.62. The SMILES string of the molecule is C=C1/C(=C\C=C2/CCC[C@]3(C)[C@@H]([C@@H](C)/C=C/C=C(\C)CO)CC[C@@H]23)C[C@@H](O)C[C@@H]1O. The molecule has 0 saturated heterocycles. The van der Waals surface area contributed by atoms with E-state index in [-0.39, 0.29) is 6.61 Å². The highest BCUT2D eigenvalue weighted by atomic mass is 16.3. The maximum atomic E-state index is 10.1. The van der Waals surface area contributed by atoms with Crippen LogP contribution in [0.5, 0.6) is 0 Å². The van der Waals surface area contributed by atoms with Gasteiger partial charge in [-0.3, -0.25) is 0 Å². The average Bonchev–Trinajstić information content (AvgIpc) is 3.06. The van der Waals surface area contributed by atoms with Gasteiger partial charge in [-0.05, 0) is 85.3 Å². The minimum atomic E-state index is -0.623. The molecular weight excluding hydrogens is 372 g/mol. The van der Waals surface area contributed by atoms with Crippen molar-refractivity contribution in [2.24, 2.45) is 23.2 Å². The lowest BCUT2D eigenvalue weighted by Crippen LogP contribution is -2.35. The van der Waals surface area contributed by atoms with E-state index in [0.717, 1.165) is 23.1 Å². The van der Waals surface area contributed by atoms with Crippen LogP contribution >= 0.6 is 0 Å².